The molecule has 166 valence electrons. The zero-order chi connectivity index (χ0) is 22.7. The minimum absolute atomic E-state index is 0.149. The van der Waals surface area contributed by atoms with Crippen molar-refractivity contribution in [3.63, 3.8) is 0 Å². The van der Waals surface area contributed by atoms with Gasteiger partial charge in [-0.05, 0) is 54.7 Å². The third kappa shape index (κ3) is 4.72. The molecule has 1 atom stereocenters. The molecule has 2 aromatic rings. The van der Waals surface area contributed by atoms with Crippen molar-refractivity contribution in [3.05, 3.63) is 64.7 Å². The Kier molecular flexibility index (Phi) is 6.35. The second-order valence-corrected chi connectivity index (χ2v) is 8.18. The van der Waals surface area contributed by atoms with Crippen molar-refractivity contribution in [3.8, 4) is 5.75 Å². The van der Waals surface area contributed by atoms with Crippen LogP contribution in [0.4, 0.5) is 0 Å². The Morgan fingerprint density at radius 3 is 2.56 bits per heavy atom. The molecule has 1 saturated heterocycles. The molecule has 4 rings (SSSR count). The highest BCUT2D eigenvalue weighted by atomic mass is 16.5. The molecule has 1 unspecified atom stereocenters. The van der Waals surface area contributed by atoms with Gasteiger partial charge in [0.05, 0.1) is 6.61 Å². The number of piperidine rings is 1. The van der Waals surface area contributed by atoms with E-state index in [1.54, 1.807) is 6.07 Å². The van der Waals surface area contributed by atoms with Crippen LogP contribution in [0, 0.1) is 0 Å². The minimum atomic E-state index is -0.619. The average Bonchev–Trinajstić information content (AvgIpc) is 3.09. The number of fused-ring (bicyclic) bond motifs is 1. The molecule has 32 heavy (non-hydrogen) atoms. The van der Waals surface area contributed by atoms with Gasteiger partial charge in [0, 0.05) is 31.4 Å². The lowest BCUT2D eigenvalue weighted by atomic mass is 9.99. The topological polar surface area (TPSA) is 92.8 Å². The van der Waals surface area contributed by atoms with Crippen LogP contribution in [0.5, 0.6) is 5.75 Å². The molecule has 7 nitrogen and oxygen atoms in total. The Labute approximate surface area is 186 Å². The Morgan fingerprint density at radius 1 is 1.09 bits per heavy atom. The number of Topliss-reactive ketones (excluding diaryl/α,β-unsaturated/α-hetero) is 1. The Morgan fingerprint density at radius 2 is 1.84 bits per heavy atom. The summed E-state index contributed by atoms with van der Waals surface area (Å²) >= 11 is 0. The summed E-state index contributed by atoms with van der Waals surface area (Å²) in [5.74, 6) is 0.0429. The quantitative estimate of drug-likeness (QED) is 0.645. The van der Waals surface area contributed by atoms with Crippen molar-refractivity contribution in [1.29, 1.82) is 0 Å². The van der Waals surface area contributed by atoms with Gasteiger partial charge in [-0.1, -0.05) is 24.3 Å². The van der Waals surface area contributed by atoms with Gasteiger partial charge < -0.3 is 9.64 Å². The van der Waals surface area contributed by atoms with Crippen molar-refractivity contribution in [2.24, 2.45) is 0 Å². The van der Waals surface area contributed by atoms with E-state index in [2.05, 4.69) is 5.32 Å². The van der Waals surface area contributed by atoms with Crippen LogP contribution < -0.4 is 10.1 Å². The fourth-order valence-corrected chi connectivity index (χ4v) is 4.25. The second-order valence-electron chi connectivity index (χ2n) is 8.18. The lowest BCUT2D eigenvalue weighted by molar-refractivity contribution is -0.137. The highest BCUT2D eigenvalue weighted by Gasteiger charge is 2.39. The zero-order valence-electron chi connectivity index (χ0n) is 18.1. The highest BCUT2D eigenvalue weighted by molar-refractivity contribution is 6.05. The summed E-state index contributed by atoms with van der Waals surface area (Å²) in [6.45, 7) is 2.88. The Balaban J connectivity index is 1.34. The van der Waals surface area contributed by atoms with Gasteiger partial charge in [0.1, 0.15) is 17.6 Å². The Bertz CT molecular complexity index is 1060. The highest BCUT2D eigenvalue weighted by Crippen LogP contribution is 2.28. The normalized spacial score (nSPS) is 17.8. The molecule has 2 aliphatic rings. The van der Waals surface area contributed by atoms with Gasteiger partial charge >= 0.3 is 0 Å². The number of amides is 3. The molecule has 3 amide bonds. The van der Waals surface area contributed by atoms with E-state index in [4.69, 9.17) is 4.74 Å². The number of rotatable bonds is 8. The van der Waals surface area contributed by atoms with Crippen molar-refractivity contribution >= 4 is 23.5 Å². The molecule has 0 radical (unpaired) electrons. The monoisotopic (exact) mass is 434 g/mol. The van der Waals surface area contributed by atoms with E-state index in [0.717, 1.165) is 22.4 Å². The van der Waals surface area contributed by atoms with Crippen molar-refractivity contribution in [1.82, 2.24) is 10.2 Å². The summed E-state index contributed by atoms with van der Waals surface area (Å²) in [5.41, 5.74) is 3.38. The van der Waals surface area contributed by atoms with E-state index in [1.165, 1.54) is 4.90 Å². The number of ether oxygens (including phenoxy) is 1. The number of nitrogens with one attached hydrogen (secondary N) is 1. The van der Waals surface area contributed by atoms with Crippen LogP contribution in [-0.4, -0.2) is 41.1 Å². The molecule has 1 N–H and O–H groups in total. The second kappa shape index (κ2) is 9.34. The van der Waals surface area contributed by atoms with Crippen LogP contribution in [0.15, 0.2) is 42.5 Å². The van der Waals surface area contributed by atoms with Crippen molar-refractivity contribution < 1.29 is 23.9 Å². The van der Waals surface area contributed by atoms with E-state index >= 15 is 0 Å². The average molecular weight is 434 g/mol. The SMILES string of the molecule is CCOc1ccc(CC(=O)CCc2ccc3c(c2)CN(C2CCC(=O)NC2=O)C3=O)cc1. The van der Waals surface area contributed by atoms with Gasteiger partial charge in [-0.3, -0.25) is 24.5 Å². The lowest BCUT2D eigenvalue weighted by Crippen LogP contribution is -2.52. The fraction of sp³-hybridized carbons (Fsp3) is 0.360. The van der Waals surface area contributed by atoms with Gasteiger partial charge in [-0.15, -0.1) is 0 Å². The molecule has 7 heteroatoms. The van der Waals surface area contributed by atoms with E-state index in [9.17, 15) is 19.2 Å². The predicted molar refractivity (Wildman–Crippen MR) is 117 cm³/mol. The number of imide groups is 1. The van der Waals surface area contributed by atoms with Gasteiger partial charge in [0.15, 0.2) is 0 Å². The standard InChI is InChI=1S/C25H26N2O5/c1-2-32-20-8-4-17(5-9-20)14-19(28)7-3-16-6-10-21-18(13-16)15-27(25(21)31)22-11-12-23(29)26-24(22)30/h4-6,8-10,13,22H,2-3,7,11-12,14-15H2,1H3,(H,26,29,30). The maximum Gasteiger partial charge on any atom is 0.255 e. The number of carbonyl (C=O) groups is 4. The molecular weight excluding hydrogens is 408 g/mol. The van der Waals surface area contributed by atoms with Gasteiger partial charge in [0.2, 0.25) is 11.8 Å². The summed E-state index contributed by atoms with van der Waals surface area (Å²) < 4.78 is 5.42. The molecule has 2 aliphatic heterocycles. The molecule has 0 aromatic heterocycles. The largest absolute Gasteiger partial charge is 0.494 e. The lowest BCUT2D eigenvalue weighted by Gasteiger charge is -2.29. The summed E-state index contributed by atoms with van der Waals surface area (Å²) in [6, 6.07) is 12.5. The number of hydrogen-bond donors (Lipinski definition) is 1. The maximum atomic E-state index is 12.8. The number of nitrogens with zero attached hydrogens (tertiary/aromatic N) is 1. The van der Waals surface area contributed by atoms with E-state index in [-0.39, 0.29) is 24.0 Å². The number of carbonyl (C=O) groups excluding carboxylic acids is 4. The first-order valence-electron chi connectivity index (χ1n) is 10.9. The fourth-order valence-electron chi connectivity index (χ4n) is 4.25. The van der Waals surface area contributed by atoms with Gasteiger partial charge in [-0.25, -0.2) is 0 Å². The predicted octanol–water partition coefficient (Wildman–Crippen LogP) is 2.59. The molecule has 0 saturated carbocycles. The molecule has 0 aliphatic carbocycles. The summed E-state index contributed by atoms with van der Waals surface area (Å²) in [6.07, 6.45) is 1.96. The first kappa shape index (κ1) is 21.7. The first-order chi connectivity index (χ1) is 15.4. The van der Waals surface area contributed by atoms with Crippen molar-refractivity contribution in [2.75, 3.05) is 6.61 Å². The van der Waals surface area contributed by atoms with Gasteiger partial charge in [-0.2, -0.15) is 0 Å². The van der Waals surface area contributed by atoms with Crippen LogP contribution in [-0.2, 0) is 33.8 Å². The number of ketones is 1. The van der Waals surface area contributed by atoms with Crippen LogP contribution in [0.2, 0.25) is 0 Å². The van der Waals surface area contributed by atoms with E-state index in [1.807, 2.05) is 43.3 Å². The van der Waals surface area contributed by atoms with Crippen LogP contribution in [0.3, 0.4) is 0 Å². The summed E-state index contributed by atoms with van der Waals surface area (Å²) in [7, 11) is 0. The summed E-state index contributed by atoms with van der Waals surface area (Å²) in [4.78, 5) is 50.3. The zero-order valence-corrected chi connectivity index (χ0v) is 18.1. The molecule has 2 aromatic carbocycles. The van der Waals surface area contributed by atoms with E-state index in [0.29, 0.717) is 44.4 Å². The van der Waals surface area contributed by atoms with Gasteiger partial charge in [0.25, 0.3) is 5.91 Å². The minimum Gasteiger partial charge on any atom is -0.494 e. The van der Waals surface area contributed by atoms with Crippen LogP contribution in [0.1, 0.15) is 53.2 Å². The molecular formula is C25H26N2O5. The third-order valence-electron chi connectivity index (χ3n) is 5.92. The van der Waals surface area contributed by atoms with E-state index < -0.39 is 11.9 Å². The number of aryl methyl sites for hydroxylation is 1. The first-order valence-corrected chi connectivity index (χ1v) is 10.9. The maximum absolute atomic E-state index is 12.8. The van der Waals surface area contributed by atoms with Crippen molar-refractivity contribution in [2.45, 2.75) is 51.6 Å². The molecule has 1 fully saturated rings. The summed E-state index contributed by atoms with van der Waals surface area (Å²) in [5, 5.41) is 2.31. The van der Waals surface area contributed by atoms with Crippen LogP contribution in [0.25, 0.3) is 0 Å². The van der Waals surface area contributed by atoms with Crippen LogP contribution >= 0.6 is 0 Å². The smallest absolute Gasteiger partial charge is 0.255 e. The Hall–Kier alpha value is -3.48. The number of benzene rings is 2. The number of hydrogen-bond acceptors (Lipinski definition) is 5. The molecule has 0 spiro atoms. The molecule has 2 heterocycles. The third-order valence-corrected chi connectivity index (χ3v) is 5.92. The molecule has 0 bridgehead atoms.